The topological polar surface area (TPSA) is 41.7 Å². The molecule has 0 radical (unpaired) electrons. The van der Waals surface area contributed by atoms with Crippen molar-refractivity contribution in [3.05, 3.63) is 29.3 Å². The molecule has 1 unspecified atom stereocenters. The number of piperidine rings is 1. The van der Waals surface area contributed by atoms with E-state index in [0.29, 0.717) is 18.6 Å². The van der Waals surface area contributed by atoms with Crippen LogP contribution in [-0.2, 0) is 6.42 Å². The Bertz CT molecular complexity index is 481. The zero-order chi connectivity index (χ0) is 14.8. The fourth-order valence-electron chi connectivity index (χ4n) is 3.62. The van der Waals surface area contributed by atoms with Crippen molar-refractivity contribution < 1.29 is 4.74 Å². The molecule has 2 aliphatic heterocycles. The third-order valence-electron chi connectivity index (χ3n) is 4.99. The predicted molar refractivity (Wildman–Crippen MR) is 85.7 cm³/mol. The Morgan fingerprint density at radius 3 is 2.76 bits per heavy atom. The van der Waals surface area contributed by atoms with Gasteiger partial charge in [-0.25, -0.2) is 0 Å². The molecule has 116 valence electrons. The predicted octanol–water partition coefficient (Wildman–Crippen LogP) is 1.65. The number of fused-ring (bicyclic) bond motifs is 1. The minimum Gasteiger partial charge on any atom is -0.493 e. The molecule has 0 bridgehead atoms. The lowest BCUT2D eigenvalue weighted by Crippen LogP contribution is -2.45. The van der Waals surface area contributed by atoms with Gasteiger partial charge >= 0.3 is 0 Å². The number of rotatable bonds is 4. The maximum atomic E-state index is 6.09. The summed E-state index contributed by atoms with van der Waals surface area (Å²) in [7, 11) is 4.36. The summed E-state index contributed by atoms with van der Waals surface area (Å²) in [5.74, 6) is 1.06. The number of benzene rings is 1. The van der Waals surface area contributed by atoms with Crippen molar-refractivity contribution in [2.24, 2.45) is 5.73 Å². The second-order valence-electron chi connectivity index (χ2n) is 6.45. The largest absolute Gasteiger partial charge is 0.493 e. The second kappa shape index (κ2) is 6.34. The quantitative estimate of drug-likeness (QED) is 0.915. The molecule has 0 aliphatic carbocycles. The van der Waals surface area contributed by atoms with Crippen molar-refractivity contribution in [1.29, 1.82) is 0 Å². The minimum absolute atomic E-state index is 0.346. The molecular formula is C17H27N3O. The van der Waals surface area contributed by atoms with Gasteiger partial charge in [0.25, 0.3) is 0 Å². The molecule has 4 heteroatoms. The van der Waals surface area contributed by atoms with Gasteiger partial charge in [0.05, 0.1) is 6.61 Å². The van der Waals surface area contributed by atoms with Crippen molar-refractivity contribution in [2.45, 2.75) is 31.3 Å². The smallest absolute Gasteiger partial charge is 0.122 e. The fraction of sp³-hybridized carbons (Fsp3) is 0.647. The van der Waals surface area contributed by atoms with Crippen molar-refractivity contribution in [1.82, 2.24) is 9.80 Å². The summed E-state index contributed by atoms with van der Waals surface area (Å²) in [5, 5.41) is 0. The lowest BCUT2D eigenvalue weighted by molar-refractivity contribution is 0.111. The molecule has 0 saturated carbocycles. The van der Waals surface area contributed by atoms with E-state index in [4.69, 9.17) is 10.5 Å². The van der Waals surface area contributed by atoms with Gasteiger partial charge in [-0.3, -0.25) is 4.90 Å². The Balaban J connectivity index is 1.71. The van der Waals surface area contributed by atoms with Crippen LogP contribution in [0.25, 0.3) is 0 Å². The maximum Gasteiger partial charge on any atom is 0.122 e. The molecule has 0 amide bonds. The average molecular weight is 289 g/mol. The van der Waals surface area contributed by atoms with E-state index in [1.54, 1.807) is 0 Å². The molecule has 21 heavy (non-hydrogen) atoms. The summed E-state index contributed by atoms with van der Waals surface area (Å²) in [6, 6.07) is 7.68. The Morgan fingerprint density at radius 1 is 1.33 bits per heavy atom. The molecule has 0 aromatic heterocycles. The van der Waals surface area contributed by atoms with E-state index in [0.717, 1.165) is 31.9 Å². The van der Waals surface area contributed by atoms with Crippen LogP contribution in [0.4, 0.5) is 0 Å². The number of hydrogen-bond acceptors (Lipinski definition) is 4. The van der Waals surface area contributed by atoms with Crippen LogP contribution in [0.2, 0.25) is 0 Å². The van der Waals surface area contributed by atoms with Crippen LogP contribution in [0.3, 0.4) is 0 Å². The van der Waals surface area contributed by atoms with Crippen LogP contribution in [-0.4, -0.2) is 56.2 Å². The molecule has 1 fully saturated rings. The first kappa shape index (κ1) is 14.8. The van der Waals surface area contributed by atoms with Gasteiger partial charge in [-0.1, -0.05) is 12.1 Å². The SMILES string of the molecule is CN(C)C1CCN(C(CN)c2ccc3c(c2)CCO3)CC1. The zero-order valence-corrected chi connectivity index (χ0v) is 13.2. The first-order chi connectivity index (χ1) is 10.2. The Labute approximate surface area is 127 Å². The molecule has 2 aliphatic rings. The van der Waals surface area contributed by atoms with Gasteiger partial charge in [0, 0.05) is 38.1 Å². The number of ether oxygens (including phenoxy) is 1. The summed E-state index contributed by atoms with van der Waals surface area (Å²) >= 11 is 0. The number of nitrogens with two attached hydrogens (primary N) is 1. The number of hydrogen-bond donors (Lipinski definition) is 1. The Hall–Kier alpha value is -1.10. The van der Waals surface area contributed by atoms with Crippen molar-refractivity contribution >= 4 is 0 Å². The van der Waals surface area contributed by atoms with Gasteiger partial charge in [-0.05, 0) is 44.1 Å². The van der Waals surface area contributed by atoms with Crippen LogP contribution in [0, 0.1) is 0 Å². The molecule has 1 atom stereocenters. The first-order valence-electron chi connectivity index (χ1n) is 8.05. The molecule has 2 N–H and O–H groups in total. The monoisotopic (exact) mass is 289 g/mol. The van der Waals surface area contributed by atoms with Crippen LogP contribution in [0.1, 0.15) is 30.0 Å². The van der Waals surface area contributed by atoms with Crippen molar-refractivity contribution in [2.75, 3.05) is 40.3 Å². The highest BCUT2D eigenvalue weighted by Crippen LogP contribution is 2.31. The van der Waals surface area contributed by atoms with Crippen LogP contribution in [0.5, 0.6) is 5.75 Å². The van der Waals surface area contributed by atoms with E-state index < -0.39 is 0 Å². The summed E-state index contributed by atoms with van der Waals surface area (Å²) in [6.07, 6.45) is 3.50. The molecule has 4 nitrogen and oxygen atoms in total. The third kappa shape index (κ3) is 3.07. The van der Waals surface area contributed by atoms with Crippen molar-refractivity contribution in [3.8, 4) is 5.75 Å². The Morgan fingerprint density at radius 2 is 2.10 bits per heavy atom. The zero-order valence-electron chi connectivity index (χ0n) is 13.2. The van der Waals surface area contributed by atoms with E-state index in [1.807, 2.05) is 0 Å². The average Bonchev–Trinajstić information content (AvgIpc) is 2.96. The van der Waals surface area contributed by atoms with E-state index in [-0.39, 0.29) is 0 Å². The van der Waals surface area contributed by atoms with E-state index in [1.165, 1.54) is 24.0 Å². The van der Waals surface area contributed by atoms with E-state index in [2.05, 4.69) is 42.1 Å². The molecule has 1 saturated heterocycles. The molecule has 1 aromatic rings. The lowest BCUT2D eigenvalue weighted by Gasteiger charge is -2.39. The first-order valence-corrected chi connectivity index (χ1v) is 8.05. The summed E-state index contributed by atoms with van der Waals surface area (Å²) in [4.78, 5) is 4.90. The fourth-order valence-corrected chi connectivity index (χ4v) is 3.62. The van der Waals surface area contributed by atoms with E-state index in [9.17, 15) is 0 Å². The van der Waals surface area contributed by atoms with Gasteiger partial charge in [0.2, 0.25) is 0 Å². The standard InChI is InChI=1S/C17H27N3O/c1-19(2)15-5-8-20(9-6-15)16(12-18)13-3-4-17-14(11-13)7-10-21-17/h3-4,11,15-16H,5-10,12,18H2,1-2H3. The van der Waals surface area contributed by atoms with Crippen LogP contribution < -0.4 is 10.5 Å². The highest BCUT2D eigenvalue weighted by Gasteiger charge is 2.27. The van der Waals surface area contributed by atoms with Gasteiger partial charge in [0.1, 0.15) is 5.75 Å². The normalized spacial score (nSPS) is 21.3. The summed E-state index contributed by atoms with van der Waals surface area (Å²) in [6.45, 7) is 3.78. The highest BCUT2D eigenvalue weighted by atomic mass is 16.5. The van der Waals surface area contributed by atoms with Gasteiger partial charge in [0.15, 0.2) is 0 Å². The maximum absolute atomic E-state index is 6.09. The van der Waals surface area contributed by atoms with Gasteiger partial charge in [-0.15, -0.1) is 0 Å². The lowest BCUT2D eigenvalue weighted by atomic mass is 9.97. The molecule has 0 spiro atoms. The molecule has 3 rings (SSSR count). The third-order valence-corrected chi connectivity index (χ3v) is 4.99. The molecular weight excluding hydrogens is 262 g/mol. The van der Waals surface area contributed by atoms with Crippen molar-refractivity contribution in [3.63, 3.8) is 0 Å². The summed E-state index contributed by atoms with van der Waals surface area (Å²) < 4.78 is 5.60. The molecule has 1 aromatic carbocycles. The Kier molecular flexibility index (Phi) is 4.48. The minimum atomic E-state index is 0.346. The summed E-state index contributed by atoms with van der Waals surface area (Å²) in [5.41, 5.74) is 8.79. The number of nitrogens with zero attached hydrogens (tertiary/aromatic N) is 2. The number of likely N-dealkylation sites (tertiary alicyclic amines) is 1. The van der Waals surface area contributed by atoms with Crippen LogP contribution >= 0.6 is 0 Å². The van der Waals surface area contributed by atoms with E-state index >= 15 is 0 Å². The highest BCUT2D eigenvalue weighted by molar-refractivity contribution is 5.41. The van der Waals surface area contributed by atoms with Crippen LogP contribution in [0.15, 0.2) is 18.2 Å². The van der Waals surface area contributed by atoms with Gasteiger partial charge in [-0.2, -0.15) is 0 Å². The van der Waals surface area contributed by atoms with Gasteiger partial charge < -0.3 is 15.4 Å². The second-order valence-corrected chi connectivity index (χ2v) is 6.45. The molecule has 2 heterocycles.